The Morgan fingerprint density at radius 2 is 2.05 bits per heavy atom. The van der Waals surface area contributed by atoms with Gasteiger partial charge in [0.05, 0.1) is 7.11 Å². The zero-order valence-electron chi connectivity index (χ0n) is 12.4. The third-order valence-electron chi connectivity index (χ3n) is 4.78. The minimum absolute atomic E-state index is 0.283. The second-order valence-corrected chi connectivity index (χ2v) is 6.79. The standard InChI is InChI=1S/C16H23BrN2O2/c1-21-13-6-5-12(17)14(16(13)20)15(11-3-2-4-11)19-9-7-18-8-10-19/h5-6,11,15,18,20H,2-4,7-10H2,1H3/t15-/m1/s1. The van der Waals surface area contributed by atoms with Gasteiger partial charge in [-0.2, -0.15) is 0 Å². The number of nitrogens with zero attached hydrogens (tertiary/aromatic N) is 1. The van der Waals surface area contributed by atoms with Crippen molar-refractivity contribution in [2.24, 2.45) is 5.92 Å². The molecule has 21 heavy (non-hydrogen) atoms. The first-order valence-corrected chi connectivity index (χ1v) is 8.51. The van der Waals surface area contributed by atoms with Gasteiger partial charge in [-0.1, -0.05) is 22.4 Å². The first-order chi connectivity index (χ1) is 10.2. The van der Waals surface area contributed by atoms with Crippen LogP contribution in [0.5, 0.6) is 11.5 Å². The number of rotatable bonds is 4. The summed E-state index contributed by atoms with van der Waals surface area (Å²) >= 11 is 3.64. The summed E-state index contributed by atoms with van der Waals surface area (Å²) < 4.78 is 6.29. The lowest BCUT2D eigenvalue weighted by Gasteiger charge is -2.43. The van der Waals surface area contributed by atoms with Crippen molar-refractivity contribution >= 4 is 15.9 Å². The van der Waals surface area contributed by atoms with Gasteiger partial charge in [0, 0.05) is 42.3 Å². The van der Waals surface area contributed by atoms with E-state index in [2.05, 4.69) is 26.1 Å². The summed E-state index contributed by atoms with van der Waals surface area (Å²) in [6.07, 6.45) is 3.80. The quantitative estimate of drug-likeness (QED) is 0.872. The van der Waals surface area contributed by atoms with Gasteiger partial charge in [0.25, 0.3) is 0 Å². The molecule has 0 amide bonds. The van der Waals surface area contributed by atoms with E-state index in [0.717, 1.165) is 36.2 Å². The smallest absolute Gasteiger partial charge is 0.163 e. The molecule has 0 radical (unpaired) electrons. The predicted molar refractivity (Wildman–Crippen MR) is 86.9 cm³/mol. The van der Waals surface area contributed by atoms with E-state index in [1.54, 1.807) is 7.11 Å². The van der Waals surface area contributed by atoms with Gasteiger partial charge in [-0.25, -0.2) is 0 Å². The largest absolute Gasteiger partial charge is 0.504 e. The maximum atomic E-state index is 10.6. The fourth-order valence-corrected chi connectivity index (χ4v) is 4.00. The van der Waals surface area contributed by atoms with E-state index in [4.69, 9.17) is 4.74 Å². The highest BCUT2D eigenvalue weighted by Crippen LogP contribution is 2.48. The Morgan fingerprint density at radius 3 is 2.62 bits per heavy atom. The number of phenols is 1. The van der Waals surface area contributed by atoms with E-state index < -0.39 is 0 Å². The summed E-state index contributed by atoms with van der Waals surface area (Å²) in [5, 5.41) is 14.0. The summed E-state index contributed by atoms with van der Waals surface area (Å²) in [7, 11) is 1.61. The van der Waals surface area contributed by atoms with Crippen molar-refractivity contribution < 1.29 is 9.84 Å². The predicted octanol–water partition coefficient (Wildman–Crippen LogP) is 2.91. The number of aromatic hydroxyl groups is 1. The zero-order chi connectivity index (χ0) is 14.8. The van der Waals surface area contributed by atoms with Gasteiger partial charge in [0.15, 0.2) is 11.5 Å². The number of methoxy groups -OCH3 is 1. The molecule has 2 fully saturated rings. The van der Waals surface area contributed by atoms with Crippen molar-refractivity contribution in [1.29, 1.82) is 0 Å². The molecule has 5 heteroatoms. The molecule has 116 valence electrons. The Balaban J connectivity index is 1.99. The first-order valence-electron chi connectivity index (χ1n) is 7.72. The van der Waals surface area contributed by atoms with Crippen molar-refractivity contribution in [2.45, 2.75) is 25.3 Å². The highest BCUT2D eigenvalue weighted by molar-refractivity contribution is 9.10. The summed E-state index contributed by atoms with van der Waals surface area (Å²) in [6.45, 7) is 4.10. The average Bonchev–Trinajstić information content (AvgIpc) is 2.45. The van der Waals surface area contributed by atoms with Crippen LogP contribution in [-0.4, -0.2) is 43.3 Å². The topological polar surface area (TPSA) is 44.7 Å². The molecular formula is C16H23BrN2O2. The van der Waals surface area contributed by atoms with E-state index in [1.807, 2.05) is 12.1 Å². The monoisotopic (exact) mass is 354 g/mol. The molecule has 0 spiro atoms. The SMILES string of the molecule is COc1ccc(Br)c([C@@H](C2CCC2)N2CCNCC2)c1O. The lowest BCUT2D eigenvalue weighted by molar-refractivity contribution is 0.0811. The van der Waals surface area contributed by atoms with Crippen molar-refractivity contribution in [2.75, 3.05) is 33.3 Å². The maximum Gasteiger partial charge on any atom is 0.163 e. The van der Waals surface area contributed by atoms with E-state index in [0.29, 0.717) is 17.4 Å². The van der Waals surface area contributed by atoms with Crippen molar-refractivity contribution in [1.82, 2.24) is 10.2 Å². The van der Waals surface area contributed by atoms with Crippen LogP contribution in [0, 0.1) is 5.92 Å². The molecule has 1 aromatic carbocycles. The number of nitrogens with one attached hydrogen (secondary N) is 1. The number of piperazine rings is 1. The van der Waals surface area contributed by atoms with Crippen LogP contribution in [0.4, 0.5) is 0 Å². The normalized spacial score (nSPS) is 21.8. The molecule has 2 aliphatic rings. The maximum absolute atomic E-state index is 10.6. The van der Waals surface area contributed by atoms with Crippen molar-refractivity contribution in [3.63, 3.8) is 0 Å². The first kappa shape index (κ1) is 15.1. The van der Waals surface area contributed by atoms with Crippen LogP contribution in [0.3, 0.4) is 0 Å². The molecule has 4 nitrogen and oxygen atoms in total. The van der Waals surface area contributed by atoms with Gasteiger partial charge in [0.2, 0.25) is 0 Å². The number of benzene rings is 1. The van der Waals surface area contributed by atoms with Crippen LogP contribution in [0.2, 0.25) is 0 Å². The van der Waals surface area contributed by atoms with Crippen molar-refractivity contribution in [3.05, 3.63) is 22.2 Å². The van der Waals surface area contributed by atoms with Gasteiger partial charge < -0.3 is 15.2 Å². The van der Waals surface area contributed by atoms with Gasteiger partial charge in [0.1, 0.15) is 0 Å². The molecule has 1 heterocycles. The highest BCUT2D eigenvalue weighted by atomic mass is 79.9. The summed E-state index contributed by atoms with van der Waals surface area (Å²) in [4.78, 5) is 2.51. The Kier molecular flexibility index (Phi) is 4.72. The van der Waals surface area contributed by atoms with Crippen LogP contribution < -0.4 is 10.1 Å². The molecule has 2 N–H and O–H groups in total. The molecule has 3 rings (SSSR count). The fraction of sp³-hybridized carbons (Fsp3) is 0.625. The second kappa shape index (κ2) is 6.55. The number of hydrogen-bond donors (Lipinski definition) is 2. The summed E-state index contributed by atoms with van der Waals surface area (Å²) in [5.74, 6) is 1.49. The summed E-state index contributed by atoms with van der Waals surface area (Å²) in [6, 6.07) is 4.09. The lowest BCUT2D eigenvalue weighted by atomic mass is 9.76. The molecular weight excluding hydrogens is 332 g/mol. The Morgan fingerprint density at radius 1 is 1.33 bits per heavy atom. The molecule has 1 aliphatic carbocycles. The molecule has 1 aromatic rings. The Labute approximate surface area is 134 Å². The van der Waals surface area contributed by atoms with Gasteiger partial charge >= 0.3 is 0 Å². The van der Waals surface area contributed by atoms with Crippen LogP contribution in [-0.2, 0) is 0 Å². The molecule has 1 atom stereocenters. The van der Waals surface area contributed by atoms with Crippen molar-refractivity contribution in [3.8, 4) is 11.5 Å². The molecule has 1 saturated carbocycles. The van der Waals surface area contributed by atoms with E-state index in [9.17, 15) is 5.11 Å². The van der Waals surface area contributed by atoms with Gasteiger partial charge in [-0.05, 0) is 30.9 Å². The number of ether oxygens (including phenoxy) is 1. The molecule has 0 unspecified atom stereocenters. The van der Waals surface area contributed by atoms with Crippen LogP contribution in [0.25, 0.3) is 0 Å². The lowest BCUT2D eigenvalue weighted by Crippen LogP contribution is -2.48. The zero-order valence-corrected chi connectivity index (χ0v) is 14.0. The molecule has 1 saturated heterocycles. The summed E-state index contributed by atoms with van der Waals surface area (Å²) in [5.41, 5.74) is 1.00. The third-order valence-corrected chi connectivity index (χ3v) is 5.48. The van der Waals surface area contributed by atoms with E-state index in [-0.39, 0.29) is 6.04 Å². The minimum Gasteiger partial charge on any atom is -0.504 e. The van der Waals surface area contributed by atoms with Crippen LogP contribution >= 0.6 is 15.9 Å². The van der Waals surface area contributed by atoms with Crippen LogP contribution in [0.1, 0.15) is 30.9 Å². The molecule has 0 aromatic heterocycles. The molecule has 1 aliphatic heterocycles. The second-order valence-electron chi connectivity index (χ2n) is 5.93. The van der Waals surface area contributed by atoms with E-state index in [1.165, 1.54) is 19.3 Å². The highest BCUT2D eigenvalue weighted by Gasteiger charge is 2.36. The Bertz CT molecular complexity index is 499. The number of halogens is 1. The fourth-order valence-electron chi connectivity index (χ4n) is 3.44. The average molecular weight is 355 g/mol. The van der Waals surface area contributed by atoms with Crippen LogP contribution in [0.15, 0.2) is 16.6 Å². The van der Waals surface area contributed by atoms with E-state index >= 15 is 0 Å². The molecule has 0 bridgehead atoms. The minimum atomic E-state index is 0.283. The Hall–Kier alpha value is -0.780. The number of phenolic OH excluding ortho intramolecular Hbond substituents is 1. The third kappa shape index (κ3) is 2.91. The number of hydrogen-bond acceptors (Lipinski definition) is 4. The van der Waals surface area contributed by atoms with Gasteiger partial charge in [-0.15, -0.1) is 0 Å². The van der Waals surface area contributed by atoms with Gasteiger partial charge in [-0.3, -0.25) is 4.90 Å².